The summed E-state index contributed by atoms with van der Waals surface area (Å²) < 4.78 is 0. The summed E-state index contributed by atoms with van der Waals surface area (Å²) in [5, 5.41) is 6.49. The van der Waals surface area contributed by atoms with Crippen LogP contribution in [0.15, 0.2) is 41.8 Å². The zero-order valence-electron chi connectivity index (χ0n) is 11.4. The molecule has 1 atom stereocenters. The number of hydrogen-bond acceptors (Lipinski definition) is 2. The Labute approximate surface area is 124 Å². The van der Waals surface area contributed by atoms with Crippen molar-refractivity contribution in [2.24, 2.45) is 0 Å². The maximum Gasteiger partial charge on any atom is 0.0408 e. The molecule has 2 aromatic rings. The molecule has 3 heteroatoms. The number of hydrogen-bond donors (Lipinski definition) is 1. The lowest BCUT2D eigenvalue weighted by atomic mass is 9.94. The normalized spacial score (nSPS) is 12.8. The van der Waals surface area contributed by atoms with E-state index in [9.17, 15) is 0 Å². The first kappa shape index (κ1) is 14.6. The first-order chi connectivity index (χ1) is 9.15. The molecule has 1 aromatic heterocycles. The molecule has 102 valence electrons. The molecule has 0 aliphatic heterocycles. The second kappa shape index (κ2) is 7.09. The molecule has 1 N–H and O–H groups in total. The molecule has 1 heterocycles. The molecule has 19 heavy (non-hydrogen) atoms. The summed E-state index contributed by atoms with van der Waals surface area (Å²) >= 11 is 7.94. The van der Waals surface area contributed by atoms with Crippen LogP contribution in [0.2, 0.25) is 5.02 Å². The Morgan fingerprint density at radius 3 is 2.68 bits per heavy atom. The van der Waals surface area contributed by atoms with E-state index < -0.39 is 0 Å². The summed E-state index contributed by atoms with van der Waals surface area (Å²) in [6.45, 7) is 5.34. The predicted octanol–water partition coefficient (Wildman–Crippen LogP) is 4.73. The van der Waals surface area contributed by atoms with Crippen LogP contribution in [0.1, 0.15) is 30.2 Å². The maximum atomic E-state index is 6.12. The molecule has 0 saturated carbocycles. The van der Waals surface area contributed by atoms with Gasteiger partial charge in [-0.15, -0.1) is 11.3 Å². The molecule has 1 unspecified atom stereocenters. The molecule has 0 fully saturated rings. The number of benzene rings is 1. The van der Waals surface area contributed by atoms with Crippen LogP contribution < -0.4 is 5.32 Å². The summed E-state index contributed by atoms with van der Waals surface area (Å²) in [7, 11) is 0. The van der Waals surface area contributed by atoms with Crippen molar-refractivity contribution in [1.29, 1.82) is 0 Å². The summed E-state index contributed by atoms with van der Waals surface area (Å²) in [6, 6.07) is 13.1. The molecule has 0 bridgehead atoms. The van der Waals surface area contributed by atoms with Gasteiger partial charge in [0.15, 0.2) is 0 Å². The fraction of sp³-hybridized carbons (Fsp3) is 0.375. The Kier molecular flexibility index (Phi) is 5.44. The zero-order valence-corrected chi connectivity index (χ0v) is 13.0. The molecule has 0 spiro atoms. The van der Waals surface area contributed by atoms with Gasteiger partial charge in [-0.05, 0) is 35.6 Å². The van der Waals surface area contributed by atoms with Crippen LogP contribution in [0.4, 0.5) is 0 Å². The predicted molar refractivity (Wildman–Crippen MR) is 85.4 cm³/mol. The number of thiophene rings is 1. The molecule has 1 aromatic carbocycles. The van der Waals surface area contributed by atoms with Gasteiger partial charge in [-0.2, -0.15) is 0 Å². The lowest BCUT2D eigenvalue weighted by molar-refractivity contribution is 0.528. The molecule has 0 radical (unpaired) electrons. The second-order valence-electron chi connectivity index (χ2n) is 5.10. The smallest absolute Gasteiger partial charge is 0.0408 e. The van der Waals surface area contributed by atoms with Crippen LogP contribution in [-0.4, -0.2) is 12.6 Å². The molecule has 0 aliphatic rings. The van der Waals surface area contributed by atoms with E-state index in [1.54, 1.807) is 0 Å². The SMILES string of the molecule is CC(C)NCC(Cc1cccs1)c1cccc(Cl)c1. The van der Waals surface area contributed by atoms with Crippen molar-refractivity contribution in [3.8, 4) is 0 Å². The zero-order chi connectivity index (χ0) is 13.7. The fourth-order valence-corrected chi connectivity index (χ4v) is 3.10. The van der Waals surface area contributed by atoms with Crippen molar-refractivity contribution < 1.29 is 0 Å². The van der Waals surface area contributed by atoms with Crippen molar-refractivity contribution in [1.82, 2.24) is 5.32 Å². The minimum absolute atomic E-state index is 0.472. The molecule has 0 amide bonds. The van der Waals surface area contributed by atoms with Crippen LogP contribution in [0.3, 0.4) is 0 Å². The third-order valence-electron chi connectivity index (χ3n) is 3.12. The Balaban J connectivity index is 2.13. The Bertz CT molecular complexity index is 493. The number of nitrogens with one attached hydrogen (secondary N) is 1. The monoisotopic (exact) mass is 293 g/mol. The van der Waals surface area contributed by atoms with Gasteiger partial charge < -0.3 is 5.32 Å². The Morgan fingerprint density at radius 2 is 2.05 bits per heavy atom. The van der Waals surface area contributed by atoms with E-state index in [2.05, 4.69) is 48.8 Å². The summed E-state index contributed by atoms with van der Waals surface area (Å²) in [6.07, 6.45) is 1.07. The first-order valence-electron chi connectivity index (χ1n) is 6.66. The van der Waals surface area contributed by atoms with Crippen LogP contribution in [-0.2, 0) is 6.42 Å². The highest BCUT2D eigenvalue weighted by Crippen LogP contribution is 2.25. The standard InChI is InChI=1S/C16H20ClNS/c1-12(2)18-11-14(10-16-7-4-8-19-16)13-5-3-6-15(17)9-13/h3-9,12,14,18H,10-11H2,1-2H3. The van der Waals surface area contributed by atoms with Gasteiger partial charge in [0.25, 0.3) is 0 Å². The molecule has 2 rings (SSSR count). The minimum atomic E-state index is 0.472. The Hall–Kier alpha value is -0.830. The van der Waals surface area contributed by atoms with E-state index in [1.165, 1.54) is 10.4 Å². The van der Waals surface area contributed by atoms with Crippen LogP contribution in [0.5, 0.6) is 0 Å². The average molecular weight is 294 g/mol. The fourth-order valence-electron chi connectivity index (χ4n) is 2.12. The molecular weight excluding hydrogens is 274 g/mol. The topological polar surface area (TPSA) is 12.0 Å². The first-order valence-corrected chi connectivity index (χ1v) is 7.92. The van der Waals surface area contributed by atoms with Gasteiger partial charge in [-0.3, -0.25) is 0 Å². The van der Waals surface area contributed by atoms with Crippen LogP contribution >= 0.6 is 22.9 Å². The van der Waals surface area contributed by atoms with Crippen LogP contribution in [0.25, 0.3) is 0 Å². The Morgan fingerprint density at radius 1 is 1.21 bits per heavy atom. The molecule has 1 nitrogen and oxygen atoms in total. The van der Waals surface area contributed by atoms with Crippen molar-refractivity contribution in [2.45, 2.75) is 32.2 Å². The van der Waals surface area contributed by atoms with Crippen molar-refractivity contribution in [3.63, 3.8) is 0 Å². The van der Waals surface area contributed by atoms with Crippen molar-refractivity contribution in [3.05, 3.63) is 57.2 Å². The van der Waals surface area contributed by atoms with Gasteiger partial charge in [-0.1, -0.05) is 43.6 Å². The molecular formula is C16H20ClNS. The average Bonchev–Trinajstić information content (AvgIpc) is 2.87. The highest BCUT2D eigenvalue weighted by atomic mass is 35.5. The third kappa shape index (κ3) is 4.64. The highest BCUT2D eigenvalue weighted by Gasteiger charge is 2.14. The highest BCUT2D eigenvalue weighted by molar-refractivity contribution is 7.09. The van der Waals surface area contributed by atoms with Crippen molar-refractivity contribution >= 4 is 22.9 Å². The lowest BCUT2D eigenvalue weighted by Gasteiger charge is -2.19. The van der Waals surface area contributed by atoms with Gasteiger partial charge in [0.2, 0.25) is 0 Å². The number of halogens is 1. The van der Waals surface area contributed by atoms with Gasteiger partial charge in [0, 0.05) is 28.4 Å². The lowest BCUT2D eigenvalue weighted by Crippen LogP contribution is -2.28. The minimum Gasteiger partial charge on any atom is -0.314 e. The van der Waals surface area contributed by atoms with E-state index in [1.807, 2.05) is 23.5 Å². The van der Waals surface area contributed by atoms with Gasteiger partial charge >= 0.3 is 0 Å². The van der Waals surface area contributed by atoms with E-state index in [0.29, 0.717) is 12.0 Å². The van der Waals surface area contributed by atoms with E-state index in [0.717, 1.165) is 18.0 Å². The third-order valence-corrected chi connectivity index (χ3v) is 4.25. The number of rotatable bonds is 6. The second-order valence-corrected chi connectivity index (χ2v) is 6.57. The molecule has 0 aliphatic carbocycles. The van der Waals surface area contributed by atoms with Gasteiger partial charge in [0.1, 0.15) is 0 Å². The summed E-state index contributed by atoms with van der Waals surface area (Å²) in [4.78, 5) is 1.43. The quantitative estimate of drug-likeness (QED) is 0.812. The maximum absolute atomic E-state index is 6.12. The summed E-state index contributed by atoms with van der Waals surface area (Å²) in [5.74, 6) is 0.472. The van der Waals surface area contributed by atoms with E-state index in [4.69, 9.17) is 11.6 Å². The molecule has 0 saturated heterocycles. The van der Waals surface area contributed by atoms with Crippen LogP contribution in [0, 0.1) is 0 Å². The van der Waals surface area contributed by atoms with E-state index in [-0.39, 0.29) is 0 Å². The van der Waals surface area contributed by atoms with Gasteiger partial charge in [-0.25, -0.2) is 0 Å². The van der Waals surface area contributed by atoms with Crippen molar-refractivity contribution in [2.75, 3.05) is 6.54 Å². The summed E-state index contributed by atoms with van der Waals surface area (Å²) in [5.41, 5.74) is 1.31. The van der Waals surface area contributed by atoms with E-state index >= 15 is 0 Å². The van der Waals surface area contributed by atoms with Gasteiger partial charge in [0.05, 0.1) is 0 Å². The largest absolute Gasteiger partial charge is 0.314 e.